The first kappa shape index (κ1) is 10.6. The highest BCUT2D eigenvalue weighted by Crippen LogP contribution is 2.15. The molecule has 0 bridgehead atoms. The van der Waals surface area contributed by atoms with Crippen molar-refractivity contribution < 1.29 is 14.3 Å². The molecule has 0 unspecified atom stereocenters. The first-order chi connectivity index (χ1) is 6.60. The number of hydrogen-bond acceptors (Lipinski definition) is 3. The third-order valence-corrected chi connectivity index (χ3v) is 2.17. The van der Waals surface area contributed by atoms with E-state index >= 15 is 0 Å². The van der Waals surface area contributed by atoms with Gasteiger partial charge in [0.05, 0.1) is 18.7 Å². The predicted octanol–water partition coefficient (Wildman–Crippen LogP) is 0.525. The fourth-order valence-electron chi connectivity index (χ4n) is 1.48. The smallest absolute Gasteiger partial charge is 0.337 e. The van der Waals surface area contributed by atoms with E-state index in [4.69, 9.17) is 0 Å². The standard InChI is InChI=1S/C9H14N2O3/c1-4-6-7(8(12)14-3)5(2)10-9(13)11-6/h6H,4H2,1-3H3,(H2,10,11,13)/t6-/m1/s1. The van der Waals surface area contributed by atoms with Crippen molar-refractivity contribution in [1.29, 1.82) is 0 Å². The summed E-state index contributed by atoms with van der Waals surface area (Å²) in [5.74, 6) is -0.401. The fraction of sp³-hybridized carbons (Fsp3) is 0.556. The number of rotatable bonds is 2. The summed E-state index contributed by atoms with van der Waals surface area (Å²) in [6, 6.07) is -0.529. The lowest BCUT2D eigenvalue weighted by Gasteiger charge is -2.26. The maximum Gasteiger partial charge on any atom is 0.337 e. The molecular weight excluding hydrogens is 184 g/mol. The first-order valence-corrected chi connectivity index (χ1v) is 4.46. The van der Waals surface area contributed by atoms with Crippen LogP contribution < -0.4 is 10.6 Å². The van der Waals surface area contributed by atoms with E-state index in [2.05, 4.69) is 15.4 Å². The Balaban J connectivity index is 3.00. The second-order valence-corrected chi connectivity index (χ2v) is 3.09. The maximum absolute atomic E-state index is 11.4. The zero-order valence-corrected chi connectivity index (χ0v) is 8.51. The van der Waals surface area contributed by atoms with Gasteiger partial charge < -0.3 is 15.4 Å². The molecule has 0 radical (unpaired) electrons. The van der Waals surface area contributed by atoms with Crippen molar-refractivity contribution in [3.05, 3.63) is 11.3 Å². The molecule has 1 heterocycles. The third kappa shape index (κ3) is 1.86. The summed E-state index contributed by atoms with van der Waals surface area (Å²) in [7, 11) is 1.33. The molecule has 0 aliphatic carbocycles. The average molecular weight is 198 g/mol. The Labute approximate surface area is 82.5 Å². The summed E-state index contributed by atoms with van der Waals surface area (Å²) in [5, 5.41) is 5.19. The van der Waals surface area contributed by atoms with Gasteiger partial charge in [-0.1, -0.05) is 6.92 Å². The Morgan fingerprint density at radius 2 is 2.21 bits per heavy atom. The highest BCUT2D eigenvalue weighted by molar-refractivity contribution is 5.94. The number of urea groups is 1. The van der Waals surface area contributed by atoms with Crippen LogP contribution in [0.25, 0.3) is 0 Å². The highest BCUT2D eigenvalue weighted by atomic mass is 16.5. The molecule has 0 aromatic rings. The summed E-state index contributed by atoms with van der Waals surface area (Å²) in [4.78, 5) is 22.5. The SMILES string of the molecule is CC[C@H]1NC(=O)NC(C)=C1C(=O)OC. The van der Waals surface area contributed by atoms with Gasteiger partial charge in [0.2, 0.25) is 0 Å². The molecule has 78 valence electrons. The van der Waals surface area contributed by atoms with Crippen LogP contribution in [0.4, 0.5) is 4.79 Å². The van der Waals surface area contributed by atoms with E-state index in [-0.39, 0.29) is 12.1 Å². The second kappa shape index (κ2) is 4.13. The minimum absolute atomic E-state index is 0.254. The number of methoxy groups -OCH3 is 1. The lowest BCUT2D eigenvalue weighted by molar-refractivity contribution is -0.136. The van der Waals surface area contributed by atoms with E-state index in [0.717, 1.165) is 0 Å². The van der Waals surface area contributed by atoms with Gasteiger partial charge >= 0.3 is 12.0 Å². The molecule has 0 fully saturated rings. The highest BCUT2D eigenvalue weighted by Gasteiger charge is 2.28. The fourth-order valence-corrected chi connectivity index (χ4v) is 1.48. The van der Waals surface area contributed by atoms with E-state index in [1.54, 1.807) is 6.92 Å². The van der Waals surface area contributed by atoms with Crippen molar-refractivity contribution in [2.24, 2.45) is 0 Å². The molecule has 1 aliphatic heterocycles. The van der Waals surface area contributed by atoms with Gasteiger partial charge in [0.15, 0.2) is 0 Å². The van der Waals surface area contributed by atoms with Crippen LogP contribution >= 0.6 is 0 Å². The number of nitrogens with one attached hydrogen (secondary N) is 2. The van der Waals surface area contributed by atoms with Crippen molar-refractivity contribution in [1.82, 2.24) is 10.6 Å². The van der Waals surface area contributed by atoms with Crippen LogP contribution in [0.2, 0.25) is 0 Å². The van der Waals surface area contributed by atoms with Gasteiger partial charge in [0.1, 0.15) is 0 Å². The minimum atomic E-state index is -0.401. The van der Waals surface area contributed by atoms with Gasteiger partial charge in [-0.25, -0.2) is 9.59 Å². The summed E-state index contributed by atoms with van der Waals surface area (Å²) < 4.78 is 4.64. The molecule has 0 saturated heterocycles. The van der Waals surface area contributed by atoms with Crippen molar-refractivity contribution >= 4 is 12.0 Å². The summed E-state index contributed by atoms with van der Waals surface area (Å²) >= 11 is 0. The van der Waals surface area contributed by atoms with Crippen molar-refractivity contribution in [3.8, 4) is 0 Å². The molecule has 2 N–H and O–H groups in total. The Hall–Kier alpha value is -1.52. The van der Waals surface area contributed by atoms with Gasteiger partial charge in [0, 0.05) is 5.70 Å². The molecule has 1 rings (SSSR count). The zero-order chi connectivity index (χ0) is 10.7. The van der Waals surface area contributed by atoms with Gasteiger partial charge in [-0.3, -0.25) is 0 Å². The van der Waals surface area contributed by atoms with E-state index < -0.39 is 5.97 Å². The summed E-state index contributed by atoms with van der Waals surface area (Å²) in [6.45, 7) is 3.58. The van der Waals surface area contributed by atoms with Crippen LogP contribution in [0.3, 0.4) is 0 Å². The molecule has 5 nitrogen and oxygen atoms in total. The van der Waals surface area contributed by atoms with E-state index in [1.165, 1.54) is 7.11 Å². The lowest BCUT2D eigenvalue weighted by Crippen LogP contribution is -2.49. The normalized spacial score (nSPS) is 21.4. The third-order valence-electron chi connectivity index (χ3n) is 2.17. The molecule has 2 amide bonds. The minimum Gasteiger partial charge on any atom is -0.466 e. The van der Waals surface area contributed by atoms with Crippen LogP contribution in [-0.4, -0.2) is 25.2 Å². The molecular formula is C9H14N2O3. The molecule has 0 aromatic heterocycles. The second-order valence-electron chi connectivity index (χ2n) is 3.09. The quantitative estimate of drug-likeness (QED) is 0.636. The van der Waals surface area contributed by atoms with Gasteiger partial charge in [-0.15, -0.1) is 0 Å². The van der Waals surface area contributed by atoms with Gasteiger partial charge in [0.25, 0.3) is 0 Å². The Kier molecular flexibility index (Phi) is 3.11. The Morgan fingerprint density at radius 1 is 1.57 bits per heavy atom. The number of carbonyl (C=O) groups is 2. The largest absolute Gasteiger partial charge is 0.466 e. The van der Waals surface area contributed by atoms with Crippen molar-refractivity contribution in [3.63, 3.8) is 0 Å². The van der Waals surface area contributed by atoms with Gasteiger partial charge in [-0.05, 0) is 13.3 Å². The topological polar surface area (TPSA) is 67.4 Å². The number of amides is 2. The molecule has 5 heteroatoms. The average Bonchev–Trinajstić information content (AvgIpc) is 2.15. The summed E-state index contributed by atoms with van der Waals surface area (Å²) in [6.07, 6.45) is 0.662. The lowest BCUT2D eigenvalue weighted by atomic mass is 10.0. The molecule has 0 saturated carbocycles. The Morgan fingerprint density at radius 3 is 2.71 bits per heavy atom. The van der Waals surface area contributed by atoms with E-state index in [1.807, 2.05) is 6.92 Å². The van der Waals surface area contributed by atoms with Crippen LogP contribution in [0.5, 0.6) is 0 Å². The number of carbonyl (C=O) groups excluding carboxylic acids is 2. The predicted molar refractivity (Wildman–Crippen MR) is 50.5 cm³/mol. The van der Waals surface area contributed by atoms with Crippen LogP contribution in [0, 0.1) is 0 Å². The number of hydrogen-bond donors (Lipinski definition) is 2. The summed E-state index contributed by atoms with van der Waals surface area (Å²) in [5.41, 5.74) is 1.06. The molecule has 1 aliphatic rings. The monoisotopic (exact) mass is 198 g/mol. The first-order valence-electron chi connectivity index (χ1n) is 4.46. The van der Waals surface area contributed by atoms with E-state index in [0.29, 0.717) is 17.7 Å². The molecule has 0 aromatic carbocycles. The molecule has 1 atom stereocenters. The number of esters is 1. The van der Waals surface area contributed by atoms with Crippen LogP contribution in [0.15, 0.2) is 11.3 Å². The van der Waals surface area contributed by atoms with Gasteiger partial charge in [-0.2, -0.15) is 0 Å². The van der Waals surface area contributed by atoms with Crippen molar-refractivity contribution in [2.45, 2.75) is 26.3 Å². The maximum atomic E-state index is 11.4. The molecule has 0 spiro atoms. The van der Waals surface area contributed by atoms with Crippen LogP contribution in [0.1, 0.15) is 20.3 Å². The molecule has 14 heavy (non-hydrogen) atoms. The van der Waals surface area contributed by atoms with E-state index in [9.17, 15) is 9.59 Å². The Bertz CT molecular complexity index is 296. The van der Waals surface area contributed by atoms with Crippen LogP contribution in [-0.2, 0) is 9.53 Å². The number of allylic oxidation sites excluding steroid dienone is 1. The zero-order valence-electron chi connectivity index (χ0n) is 8.51. The number of ether oxygens (including phenoxy) is 1. The van der Waals surface area contributed by atoms with Crippen molar-refractivity contribution in [2.75, 3.05) is 7.11 Å².